The van der Waals surface area contributed by atoms with Gasteiger partial charge in [0.1, 0.15) is 29.0 Å². The van der Waals surface area contributed by atoms with E-state index < -0.39 is 136 Å². The molecule has 62 heavy (non-hydrogen) atoms. The maximum atomic E-state index is 15.6. The van der Waals surface area contributed by atoms with Gasteiger partial charge in [0.25, 0.3) is 0 Å². The molecule has 1 aromatic carbocycles. The first-order valence-electron chi connectivity index (χ1n) is 20.6. The van der Waals surface area contributed by atoms with Crippen molar-refractivity contribution in [2.45, 2.75) is 154 Å². The summed E-state index contributed by atoms with van der Waals surface area (Å²) in [5.41, 5.74) is -12.2. The van der Waals surface area contributed by atoms with Crippen molar-refractivity contribution in [3.8, 4) is 0 Å². The number of carbonyl (C=O) groups is 6. The average Bonchev–Trinajstić information content (AvgIpc) is 3.38. The van der Waals surface area contributed by atoms with Crippen LogP contribution in [0.3, 0.4) is 0 Å². The van der Waals surface area contributed by atoms with E-state index in [1.165, 1.54) is 32.9 Å². The lowest BCUT2D eigenvalue weighted by Gasteiger charge is -2.67. The van der Waals surface area contributed by atoms with Crippen LogP contribution in [0.4, 0.5) is 9.59 Å². The lowest BCUT2D eigenvalue weighted by molar-refractivity contribution is -0.345. The molecule has 0 aromatic heterocycles. The van der Waals surface area contributed by atoms with E-state index in [1.54, 1.807) is 66.7 Å². The number of carbonyl (C=O) groups excluding carboxylic acids is 6. The minimum Gasteiger partial charge on any atom is -0.455 e. The molecule has 18 heteroatoms. The summed E-state index contributed by atoms with van der Waals surface area (Å²) < 4.78 is 46.6. The van der Waals surface area contributed by atoms with Gasteiger partial charge in [0.15, 0.2) is 29.9 Å². The number of ketones is 1. The summed E-state index contributed by atoms with van der Waals surface area (Å²) in [6.45, 7) is 16.2. The van der Waals surface area contributed by atoms with E-state index in [-0.39, 0.29) is 23.1 Å². The molecular weight excluding hydrogens is 814 g/mol. The predicted octanol–water partition coefficient (Wildman–Crippen LogP) is 3.45. The number of fused-ring (bicyclic) bond motifs is 5. The second-order valence-corrected chi connectivity index (χ2v) is 19.6. The van der Waals surface area contributed by atoms with E-state index in [9.17, 15) is 39.3 Å². The second-order valence-electron chi connectivity index (χ2n) is 19.6. The van der Waals surface area contributed by atoms with Crippen LogP contribution in [0.2, 0.25) is 0 Å². The van der Waals surface area contributed by atoms with E-state index in [0.717, 1.165) is 14.0 Å². The van der Waals surface area contributed by atoms with Gasteiger partial charge in [-0.15, -0.1) is 0 Å². The van der Waals surface area contributed by atoms with Crippen LogP contribution < -0.4 is 5.32 Å². The summed E-state index contributed by atoms with van der Waals surface area (Å²) >= 11 is 0. The Morgan fingerprint density at radius 1 is 0.935 bits per heavy atom. The first-order valence-corrected chi connectivity index (χ1v) is 20.6. The summed E-state index contributed by atoms with van der Waals surface area (Å²) in [6.07, 6.45) is -12.7. The van der Waals surface area contributed by atoms with Gasteiger partial charge in [-0.05, 0) is 64.8 Å². The highest BCUT2D eigenvalue weighted by Crippen LogP contribution is 2.65. The predicted molar refractivity (Wildman–Crippen MR) is 213 cm³/mol. The highest BCUT2D eigenvalue weighted by atomic mass is 16.8. The third-order valence-corrected chi connectivity index (χ3v) is 13.9. The molecule has 342 valence electrons. The molecule has 12 atom stereocenters. The fourth-order valence-corrected chi connectivity index (χ4v) is 10.3. The number of nitrogens with one attached hydrogen (secondary N) is 1. The molecule has 2 bridgehead atoms. The van der Waals surface area contributed by atoms with E-state index in [2.05, 4.69) is 5.32 Å². The van der Waals surface area contributed by atoms with Gasteiger partial charge in [-0.3, -0.25) is 9.59 Å². The standard InChI is InChI=1S/C44H59NO17/c1-21-26-27(57-22(2)46)31(48)42(11)24(47)18-25-43(20-56-25,62-37(53)55-12)29(42)32(59-33(49)23-16-14-13-15-17-23)44(54,40(26,8)9)19-41(21,10)60-34(50)28-30(39(6,7)35(51)58-28)45-36(52)61-38(3,4)5/h13-17,24-25,27-30,32,35,47,51,54H,18-20H2,1-12H3,(H,45,52)/t24?,25-,27-,28?,29?,30-,32+,35?,41+,42-,43+,44-/m1/s1. The maximum Gasteiger partial charge on any atom is 0.508 e. The topological polar surface area (TPSA) is 249 Å². The van der Waals surface area contributed by atoms with Crippen LogP contribution in [0.1, 0.15) is 99.4 Å². The number of benzene rings is 1. The molecule has 0 spiro atoms. The minimum atomic E-state index is -2.46. The summed E-state index contributed by atoms with van der Waals surface area (Å²) in [7, 11) is 1.07. The van der Waals surface area contributed by atoms with Crippen molar-refractivity contribution in [3.63, 3.8) is 0 Å². The first kappa shape index (κ1) is 46.9. The largest absolute Gasteiger partial charge is 0.508 e. The normalized spacial score (nSPS) is 38.1. The molecule has 6 rings (SSSR count). The van der Waals surface area contributed by atoms with Crippen LogP contribution in [-0.2, 0) is 52.3 Å². The molecule has 1 amide bonds. The van der Waals surface area contributed by atoms with Gasteiger partial charge in [-0.1, -0.05) is 45.9 Å². The zero-order valence-electron chi connectivity index (χ0n) is 37.2. The van der Waals surface area contributed by atoms with E-state index >= 15 is 4.79 Å². The van der Waals surface area contributed by atoms with Crippen molar-refractivity contribution >= 4 is 35.9 Å². The molecular formula is C44H59NO17. The lowest BCUT2D eigenvalue weighted by Crippen LogP contribution is -2.82. The zero-order valence-corrected chi connectivity index (χ0v) is 37.2. The van der Waals surface area contributed by atoms with Crippen molar-refractivity contribution in [2.24, 2.45) is 22.2 Å². The maximum absolute atomic E-state index is 15.6. The minimum absolute atomic E-state index is 0.0274. The van der Waals surface area contributed by atoms with Crippen molar-refractivity contribution in [1.29, 1.82) is 0 Å². The summed E-state index contributed by atoms with van der Waals surface area (Å²) in [4.78, 5) is 83.8. The Kier molecular flexibility index (Phi) is 11.8. The SMILES string of the molecule is COC(=O)O[C@@]12CO[C@@H]1CC(O)[C@@]1(C)C(=O)[C@H](OC(C)=O)C3=C(C)[C@@](C)(OC(=O)C4OC(O)C(C)(C)[C@@H]4NC(=O)OC(C)(C)C)C[C@@](O)([C@@H](OC(=O)c4ccccc4)C12)C3(C)C. The Balaban J connectivity index is 1.58. The molecule has 2 aliphatic heterocycles. The number of rotatable bonds is 7. The van der Waals surface area contributed by atoms with Crippen LogP contribution in [0.15, 0.2) is 41.5 Å². The third kappa shape index (κ3) is 7.34. The fraction of sp³-hybridized carbons (Fsp3) is 0.682. The number of alkyl carbamates (subject to hydrolysis) is 1. The molecule has 18 nitrogen and oxygen atoms in total. The number of amides is 1. The molecule has 4 N–H and O–H groups in total. The Hall–Kier alpha value is -4.62. The van der Waals surface area contributed by atoms with Gasteiger partial charge >= 0.3 is 30.2 Å². The smallest absolute Gasteiger partial charge is 0.455 e. The third-order valence-electron chi connectivity index (χ3n) is 13.9. The van der Waals surface area contributed by atoms with Crippen LogP contribution in [0, 0.1) is 22.2 Å². The Morgan fingerprint density at radius 2 is 1.56 bits per heavy atom. The summed E-state index contributed by atoms with van der Waals surface area (Å²) in [5.74, 6) is -5.53. The highest BCUT2D eigenvalue weighted by Gasteiger charge is 2.79. The number of aliphatic hydroxyl groups excluding tert-OH is 2. The Labute approximate surface area is 359 Å². The number of hydrogen-bond acceptors (Lipinski definition) is 17. The fourth-order valence-electron chi connectivity index (χ4n) is 10.3. The molecule has 2 saturated carbocycles. The van der Waals surface area contributed by atoms with Gasteiger partial charge < -0.3 is 58.5 Å². The average molecular weight is 874 g/mol. The number of ether oxygens (including phenoxy) is 8. The van der Waals surface area contributed by atoms with Crippen LogP contribution in [0.25, 0.3) is 0 Å². The van der Waals surface area contributed by atoms with Gasteiger partial charge in [-0.25, -0.2) is 19.2 Å². The zero-order chi connectivity index (χ0) is 46.3. The van der Waals surface area contributed by atoms with Crippen molar-refractivity contribution in [1.82, 2.24) is 5.32 Å². The summed E-state index contributed by atoms with van der Waals surface area (Å²) in [5, 5.41) is 39.6. The summed E-state index contributed by atoms with van der Waals surface area (Å²) in [6, 6.07) is 6.55. The number of aliphatic hydroxyl groups is 3. The van der Waals surface area contributed by atoms with Crippen LogP contribution in [-0.4, -0.2) is 130 Å². The van der Waals surface area contributed by atoms with E-state index in [1.807, 2.05) is 0 Å². The first-order chi connectivity index (χ1) is 28.5. The van der Waals surface area contributed by atoms with Crippen molar-refractivity contribution in [2.75, 3.05) is 13.7 Å². The van der Waals surface area contributed by atoms with Gasteiger partial charge in [0.05, 0.1) is 42.8 Å². The number of methoxy groups -OCH3 is 1. The molecule has 3 aliphatic carbocycles. The molecule has 4 unspecified atom stereocenters. The number of hydrogen-bond donors (Lipinski definition) is 4. The molecule has 2 heterocycles. The molecule has 2 saturated heterocycles. The molecule has 5 aliphatic rings. The van der Waals surface area contributed by atoms with Crippen LogP contribution in [0.5, 0.6) is 0 Å². The number of esters is 3. The van der Waals surface area contributed by atoms with Gasteiger partial charge in [-0.2, -0.15) is 0 Å². The molecule has 1 aromatic rings. The van der Waals surface area contributed by atoms with Crippen molar-refractivity contribution < 1.29 is 82.0 Å². The Bertz CT molecular complexity index is 2040. The highest BCUT2D eigenvalue weighted by molar-refractivity contribution is 5.95. The monoisotopic (exact) mass is 873 g/mol. The van der Waals surface area contributed by atoms with Crippen LogP contribution >= 0.6 is 0 Å². The van der Waals surface area contributed by atoms with E-state index in [4.69, 9.17) is 37.9 Å². The Morgan fingerprint density at radius 3 is 2.11 bits per heavy atom. The van der Waals surface area contributed by atoms with Gasteiger partial charge in [0, 0.05) is 30.6 Å². The number of Topliss-reactive ketones (excluding diaryl/α,β-unsaturated/α-hetero) is 1. The van der Waals surface area contributed by atoms with E-state index in [0.29, 0.717) is 0 Å². The second kappa shape index (κ2) is 15.6. The van der Waals surface area contributed by atoms with Gasteiger partial charge in [0.2, 0.25) is 0 Å². The lowest BCUT2D eigenvalue weighted by atomic mass is 9.44. The quantitative estimate of drug-likeness (QED) is 0.174. The molecule has 0 radical (unpaired) electrons. The molecule has 4 fully saturated rings. The van der Waals surface area contributed by atoms with Crippen molar-refractivity contribution in [3.05, 3.63) is 47.0 Å².